The molecule has 0 saturated heterocycles. The lowest BCUT2D eigenvalue weighted by Gasteiger charge is -2.37. The van der Waals surface area contributed by atoms with E-state index in [1.807, 2.05) is 31.3 Å². The fourth-order valence-corrected chi connectivity index (χ4v) is 3.48. The van der Waals surface area contributed by atoms with Gasteiger partial charge < -0.3 is 15.4 Å². The van der Waals surface area contributed by atoms with Crippen LogP contribution in [0.5, 0.6) is 5.75 Å². The van der Waals surface area contributed by atoms with E-state index in [2.05, 4.69) is 6.07 Å². The topological polar surface area (TPSA) is 79.3 Å². The summed E-state index contributed by atoms with van der Waals surface area (Å²) in [5.41, 5.74) is 9.03. The first kappa shape index (κ1) is 15.2. The highest BCUT2D eigenvalue weighted by Crippen LogP contribution is 2.46. The fourth-order valence-electron chi connectivity index (χ4n) is 3.48. The summed E-state index contributed by atoms with van der Waals surface area (Å²) in [6.07, 6.45) is 2.12. The van der Waals surface area contributed by atoms with Crippen LogP contribution in [0.15, 0.2) is 46.9 Å². The van der Waals surface area contributed by atoms with E-state index in [-0.39, 0.29) is 5.78 Å². The Bertz CT molecular complexity index is 771. The number of para-hydroxylation sites is 1. The molecule has 0 spiro atoms. The normalized spacial score (nSPS) is 21.2. The van der Waals surface area contributed by atoms with Crippen molar-refractivity contribution in [1.29, 1.82) is 5.26 Å². The first-order valence-electron chi connectivity index (χ1n) is 7.62. The molecule has 5 heteroatoms. The van der Waals surface area contributed by atoms with Gasteiger partial charge in [-0.1, -0.05) is 18.2 Å². The van der Waals surface area contributed by atoms with Crippen molar-refractivity contribution in [1.82, 2.24) is 4.90 Å². The summed E-state index contributed by atoms with van der Waals surface area (Å²) in [5.74, 6) is 0.717. The van der Waals surface area contributed by atoms with E-state index in [0.29, 0.717) is 29.1 Å². The minimum Gasteiger partial charge on any atom is -0.496 e. The number of carbonyl (C=O) groups excluding carboxylic acids is 1. The van der Waals surface area contributed by atoms with Gasteiger partial charge >= 0.3 is 0 Å². The minimum atomic E-state index is -0.449. The summed E-state index contributed by atoms with van der Waals surface area (Å²) in [7, 11) is 3.41. The Hall–Kier alpha value is -2.74. The molecule has 1 aromatic carbocycles. The zero-order chi connectivity index (χ0) is 16.6. The van der Waals surface area contributed by atoms with Crippen molar-refractivity contribution in [3.63, 3.8) is 0 Å². The third-order valence-electron chi connectivity index (χ3n) is 4.62. The Kier molecular flexibility index (Phi) is 3.83. The second-order valence-electron chi connectivity index (χ2n) is 5.78. The molecule has 118 valence electrons. The standard InChI is InChI=1S/C18H19N3O2/c1-21-13-7-5-8-14(22)17(13)16(12(10-19)18(21)20)11-6-3-4-9-15(11)23-2/h3-4,6,9,16H,5,7-8,20H2,1-2H3/t16-/m0/s1. The summed E-state index contributed by atoms with van der Waals surface area (Å²) < 4.78 is 5.45. The number of nitriles is 1. The van der Waals surface area contributed by atoms with Gasteiger partial charge in [0.2, 0.25) is 0 Å². The van der Waals surface area contributed by atoms with Crippen LogP contribution in [0.1, 0.15) is 30.7 Å². The maximum atomic E-state index is 12.6. The number of carbonyl (C=O) groups is 1. The molecule has 0 aromatic heterocycles. The first-order valence-corrected chi connectivity index (χ1v) is 7.62. The quantitative estimate of drug-likeness (QED) is 0.907. The molecular formula is C18H19N3O2. The summed E-state index contributed by atoms with van der Waals surface area (Å²) in [6.45, 7) is 0. The molecule has 2 N–H and O–H groups in total. The van der Waals surface area contributed by atoms with E-state index in [9.17, 15) is 10.1 Å². The van der Waals surface area contributed by atoms with Gasteiger partial charge in [-0.2, -0.15) is 5.26 Å². The maximum Gasteiger partial charge on any atom is 0.161 e. The van der Waals surface area contributed by atoms with E-state index in [1.54, 1.807) is 12.0 Å². The molecule has 1 aliphatic heterocycles. The van der Waals surface area contributed by atoms with Gasteiger partial charge in [-0.15, -0.1) is 0 Å². The molecule has 1 heterocycles. The van der Waals surface area contributed by atoms with E-state index in [1.165, 1.54) is 0 Å². The number of ketones is 1. The van der Waals surface area contributed by atoms with Crippen LogP contribution in [0.3, 0.4) is 0 Å². The molecule has 0 unspecified atom stereocenters. The van der Waals surface area contributed by atoms with Crippen LogP contribution >= 0.6 is 0 Å². The highest BCUT2D eigenvalue weighted by molar-refractivity contribution is 6.00. The van der Waals surface area contributed by atoms with Gasteiger partial charge in [0, 0.05) is 30.3 Å². The van der Waals surface area contributed by atoms with E-state index in [4.69, 9.17) is 10.5 Å². The summed E-state index contributed by atoms with van der Waals surface area (Å²) >= 11 is 0. The number of nitrogens with two attached hydrogens (primary N) is 1. The first-order chi connectivity index (χ1) is 11.1. The summed E-state index contributed by atoms with van der Waals surface area (Å²) in [6, 6.07) is 9.70. The number of ether oxygens (including phenoxy) is 1. The molecule has 1 atom stereocenters. The number of Topliss-reactive ketones (excluding diaryl/α,β-unsaturated/α-hetero) is 1. The summed E-state index contributed by atoms with van der Waals surface area (Å²) in [4.78, 5) is 14.4. The number of hydrogen-bond acceptors (Lipinski definition) is 5. The lowest BCUT2D eigenvalue weighted by Crippen LogP contribution is -2.36. The minimum absolute atomic E-state index is 0.0919. The Labute approximate surface area is 135 Å². The highest BCUT2D eigenvalue weighted by Gasteiger charge is 2.39. The zero-order valence-corrected chi connectivity index (χ0v) is 13.3. The predicted molar refractivity (Wildman–Crippen MR) is 86.2 cm³/mol. The smallest absolute Gasteiger partial charge is 0.161 e. The second kappa shape index (κ2) is 5.81. The van der Waals surface area contributed by atoms with E-state index in [0.717, 1.165) is 24.1 Å². The molecule has 0 fully saturated rings. The Morgan fingerprint density at radius 2 is 2.09 bits per heavy atom. The van der Waals surface area contributed by atoms with Gasteiger partial charge in [0.15, 0.2) is 5.78 Å². The van der Waals surface area contributed by atoms with Crippen LogP contribution in [0.2, 0.25) is 0 Å². The van der Waals surface area contributed by atoms with Gasteiger partial charge in [0.1, 0.15) is 11.6 Å². The van der Waals surface area contributed by atoms with E-state index >= 15 is 0 Å². The van der Waals surface area contributed by atoms with Crippen molar-refractivity contribution in [2.75, 3.05) is 14.2 Å². The van der Waals surface area contributed by atoms with Crippen molar-refractivity contribution >= 4 is 5.78 Å². The molecule has 0 radical (unpaired) electrons. The molecular weight excluding hydrogens is 290 g/mol. The third-order valence-corrected chi connectivity index (χ3v) is 4.62. The predicted octanol–water partition coefficient (Wildman–Crippen LogP) is 2.43. The van der Waals surface area contributed by atoms with Gasteiger partial charge in [0.05, 0.1) is 24.7 Å². The lowest BCUT2D eigenvalue weighted by atomic mass is 9.75. The summed E-state index contributed by atoms with van der Waals surface area (Å²) in [5, 5.41) is 9.66. The van der Waals surface area contributed by atoms with Gasteiger partial charge in [-0.3, -0.25) is 4.79 Å². The van der Waals surface area contributed by atoms with Crippen LogP contribution in [-0.2, 0) is 4.79 Å². The van der Waals surface area contributed by atoms with Crippen LogP contribution in [0.4, 0.5) is 0 Å². The zero-order valence-electron chi connectivity index (χ0n) is 13.3. The number of methoxy groups -OCH3 is 1. The largest absolute Gasteiger partial charge is 0.496 e. The molecule has 1 aromatic rings. The molecule has 3 rings (SSSR count). The van der Waals surface area contributed by atoms with Crippen LogP contribution in [0, 0.1) is 11.3 Å². The number of benzene rings is 1. The highest BCUT2D eigenvalue weighted by atomic mass is 16.5. The van der Waals surface area contributed by atoms with Crippen molar-refractivity contribution < 1.29 is 9.53 Å². The van der Waals surface area contributed by atoms with Gasteiger partial charge in [-0.05, 0) is 18.9 Å². The Balaban J connectivity index is 2.27. The average Bonchev–Trinajstić information content (AvgIpc) is 2.58. The van der Waals surface area contributed by atoms with Crippen LogP contribution in [-0.4, -0.2) is 24.8 Å². The number of rotatable bonds is 2. The maximum absolute atomic E-state index is 12.6. The number of nitrogens with zero attached hydrogens (tertiary/aromatic N) is 2. The van der Waals surface area contributed by atoms with Gasteiger partial charge in [0.25, 0.3) is 0 Å². The van der Waals surface area contributed by atoms with Crippen LogP contribution < -0.4 is 10.5 Å². The molecule has 23 heavy (non-hydrogen) atoms. The fraction of sp³-hybridized carbons (Fsp3) is 0.333. The number of hydrogen-bond donors (Lipinski definition) is 1. The molecule has 5 nitrogen and oxygen atoms in total. The monoisotopic (exact) mass is 309 g/mol. The average molecular weight is 309 g/mol. The lowest BCUT2D eigenvalue weighted by molar-refractivity contribution is -0.116. The Morgan fingerprint density at radius 3 is 2.78 bits per heavy atom. The molecule has 1 aliphatic carbocycles. The molecule has 0 amide bonds. The van der Waals surface area contributed by atoms with Crippen molar-refractivity contribution in [2.24, 2.45) is 5.73 Å². The SMILES string of the molecule is COc1ccccc1[C@H]1C(C#N)=C(N)N(C)C2=C1C(=O)CCC2. The number of allylic oxidation sites excluding steroid dienone is 3. The van der Waals surface area contributed by atoms with Crippen molar-refractivity contribution in [3.8, 4) is 11.8 Å². The second-order valence-corrected chi connectivity index (χ2v) is 5.78. The van der Waals surface area contributed by atoms with Crippen molar-refractivity contribution in [2.45, 2.75) is 25.2 Å². The molecule has 0 saturated carbocycles. The third kappa shape index (κ3) is 2.27. The van der Waals surface area contributed by atoms with Crippen molar-refractivity contribution in [3.05, 3.63) is 52.5 Å². The van der Waals surface area contributed by atoms with Crippen LogP contribution in [0.25, 0.3) is 0 Å². The van der Waals surface area contributed by atoms with Gasteiger partial charge in [-0.25, -0.2) is 0 Å². The van der Waals surface area contributed by atoms with E-state index < -0.39 is 5.92 Å². The molecule has 0 bridgehead atoms. The molecule has 2 aliphatic rings. The Morgan fingerprint density at radius 1 is 1.35 bits per heavy atom.